The molecule has 18 heavy (non-hydrogen) atoms. The van der Waals surface area contributed by atoms with Gasteiger partial charge in [0.1, 0.15) is 0 Å². The number of rotatable bonds is 6. The molecule has 2 heterocycles. The van der Waals surface area contributed by atoms with E-state index in [9.17, 15) is 0 Å². The van der Waals surface area contributed by atoms with Crippen LogP contribution in [0.3, 0.4) is 0 Å². The van der Waals surface area contributed by atoms with Crippen molar-refractivity contribution in [2.45, 2.75) is 13.0 Å². The van der Waals surface area contributed by atoms with Crippen molar-refractivity contribution in [3.05, 3.63) is 21.3 Å². The molecular formula is C13H22ClN3S. The van der Waals surface area contributed by atoms with Crippen LogP contribution >= 0.6 is 22.9 Å². The van der Waals surface area contributed by atoms with E-state index in [1.54, 1.807) is 11.3 Å². The first-order valence-electron chi connectivity index (χ1n) is 6.58. The SMILES string of the molecule is CN1CCN(CCCNCc2cc(Cl)cs2)CC1. The van der Waals surface area contributed by atoms with Gasteiger partial charge in [0.05, 0.1) is 5.02 Å². The number of piperazine rings is 1. The Morgan fingerprint density at radius 3 is 2.78 bits per heavy atom. The highest BCUT2D eigenvalue weighted by Crippen LogP contribution is 2.18. The number of hydrogen-bond donors (Lipinski definition) is 1. The zero-order chi connectivity index (χ0) is 12.8. The molecule has 0 bridgehead atoms. The fourth-order valence-corrected chi connectivity index (χ4v) is 3.20. The lowest BCUT2D eigenvalue weighted by molar-refractivity contribution is 0.153. The molecule has 1 aliphatic rings. The Hall–Kier alpha value is -0.130. The minimum absolute atomic E-state index is 0.856. The predicted octanol–water partition coefficient (Wildman–Crippen LogP) is 2.13. The monoisotopic (exact) mass is 287 g/mol. The van der Waals surface area contributed by atoms with E-state index in [2.05, 4.69) is 22.2 Å². The number of halogens is 1. The lowest BCUT2D eigenvalue weighted by Gasteiger charge is -2.32. The number of nitrogens with one attached hydrogen (secondary N) is 1. The van der Waals surface area contributed by atoms with Gasteiger partial charge in [0.15, 0.2) is 0 Å². The predicted molar refractivity (Wildman–Crippen MR) is 79.6 cm³/mol. The van der Waals surface area contributed by atoms with E-state index in [1.807, 2.05) is 11.4 Å². The summed E-state index contributed by atoms with van der Waals surface area (Å²) in [6.45, 7) is 8.10. The van der Waals surface area contributed by atoms with Crippen LogP contribution in [0.25, 0.3) is 0 Å². The van der Waals surface area contributed by atoms with Crippen LogP contribution in [0.5, 0.6) is 0 Å². The summed E-state index contributed by atoms with van der Waals surface area (Å²) in [4.78, 5) is 6.28. The van der Waals surface area contributed by atoms with Crippen LogP contribution in [0.4, 0.5) is 0 Å². The maximum Gasteiger partial charge on any atom is 0.0516 e. The minimum Gasteiger partial charge on any atom is -0.312 e. The second kappa shape index (κ2) is 7.46. The quantitative estimate of drug-likeness (QED) is 0.809. The summed E-state index contributed by atoms with van der Waals surface area (Å²) in [7, 11) is 2.20. The Labute approximate surface area is 119 Å². The van der Waals surface area contributed by atoms with Crippen molar-refractivity contribution in [3.63, 3.8) is 0 Å². The van der Waals surface area contributed by atoms with E-state index < -0.39 is 0 Å². The first kappa shape index (κ1) is 14.3. The Morgan fingerprint density at radius 2 is 2.11 bits per heavy atom. The van der Waals surface area contributed by atoms with E-state index in [1.165, 1.54) is 44.0 Å². The van der Waals surface area contributed by atoms with Crippen LogP contribution in [-0.4, -0.2) is 56.1 Å². The average molecular weight is 288 g/mol. The summed E-state index contributed by atoms with van der Waals surface area (Å²) in [5.41, 5.74) is 0. The van der Waals surface area contributed by atoms with E-state index in [-0.39, 0.29) is 0 Å². The lowest BCUT2D eigenvalue weighted by atomic mass is 10.3. The average Bonchev–Trinajstić information content (AvgIpc) is 2.77. The Bertz CT molecular complexity index is 348. The molecule has 1 N–H and O–H groups in total. The fraction of sp³-hybridized carbons (Fsp3) is 0.692. The van der Waals surface area contributed by atoms with Gasteiger partial charge in [0, 0.05) is 43.0 Å². The zero-order valence-corrected chi connectivity index (χ0v) is 12.6. The molecule has 0 atom stereocenters. The van der Waals surface area contributed by atoms with Gasteiger partial charge < -0.3 is 15.1 Å². The van der Waals surface area contributed by atoms with Gasteiger partial charge in [0.2, 0.25) is 0 Å². The summed E-state index contributed by atoms with van der Waals surface area (Å²) in [6.07, 6.45) is 1.23. The second-order valence-corrected chi connectivity index (χ2v) is 6.34. The van der Waals surface area contributed by atoms with Gasteiger partial charge in [-0.25, -0.2) is 0 Å². The third-order valence-electron chi connectivity index (χ3n) is 3.34. The molecule has 0 saturated carbocycles. The molecule has 1 saturated heterocycles. The molecule has 0 radical (unpaired) electrons. The Kier molecular flexibility index (Phi) is 5.92. The van der Waals surface area contributed by atoms with Gasteiger partial charge in [0.25, 0.3) is 0 Å². The first-order chi connectivity index (χ1) is 8.74. The van der Waals surface area contributed by atoms with Crippen molar-refractivity contribution in [1.29, 1.82) is 0 Å². The molecular weight excluding hydrogens is 266 g/mol. The smallest absolute Gasteiger partial charge is 0.0516 e. The molecule has 102 valence electrons. The molecule has 3 nitrogen and oxygen atoms in total. The van der Waals surface area contributed by atoms with Gasteiger partial charge in [-0.15, -0.1) is 11.3 Å². The molecule has 0 aromatic carbocycles. The van der Waals surface area contributed by atoms with Crippen molar-refractivity contribution >= 4 is 22.9 Å². The molecule has 0 amide bonds. The van der Waals surface area contributed by atoms with Crippen molar-refractivity contribution < 1.29 is 0 Å². The molecule has 0 aliphatic carbocycles. The van der Waals surface area contributed by atoms with E-state index >= 15 is 0 Å². The zero-order valence-electron chi connectivity index (χ0n) is 11.0. The van der Waals surface area contributed by atoms with E-state index in [0.29, 0.717) is 0 Å². The maximum atomic E-state index is 5.89. The number of thiophene rings is 1. The molecule has 1 aromatic heterocycles. The van der Waals surface area contributed by atoms with Crippen molar-refractivity contribution in [2.24, 2.45) is 0 Å². The largest absolute Gasteiger partial charge is 0.312 e. The van der Waals surface area contributed by atoms with Crippen LogP contribution in [0.1, 0.15) is 11.3 Å². The number of nitrogens with zero attached hydrogens (tertiary/aromatic N) is 2. The molecule has 2 rings (SSSR count). The highest BCUT2D eigenvalue weighted by molar-refractivity contribution is 7.10. The highest BCUT2D eigenvalue weighted by Gasteiger charge is 2.12. The fourth-order valence-electron chi connectivity index (χ4n) is 2.16. The lowest BCUT2D eigenvalue weighted by Crippen LogP contribution is -2.45. The molecule has 0 unspecified atom stereocenters. The van der Waals surface area contributed by atoms with Crippen LogP contribution < -0.4 is 5.32 Å². The third-order valence-corrected chi connectivity index (χ3v) is 4.63. The summed E-state index contributed by atoms with van der Waals surface area (Å²) in [5, 5.41) is 6.32. The van der Waals surface area contributed by atoms with E-state index in [4.69, 9.17) is 11.6 Å². The molecule has 1 fully saturated rings. The van der Waals surface area contributed by atoms with E-state index in [0.717, 1.165) is 18.1 Å². The molecule has 0 spiro atoms. The van der Waals surface area contributed by atoms with Crippen LogP contribution in [0, 0.1) is 0 Å². The van der Waals surface area contributed by atoms with Gasteiger partial charge in [-0.3, -0.25) is 0 Å². The number of hydrogen-bond acceptors (Lipinski definition) is 4. The van der Waals surface area contributed by atoms with Crippen LogP contribution in [-0.2, 0) is 6.54 Å². The normalized spacial score (nSPS) is 18.3. The molecule has 1 aromatic rings. The summed E-state index contributed by atoms with van der Waals surface area (Å²) in [6, 6.07) is 2.04. The first-order valence-corrected chi connectivity index (χ1v) is 7.84. The Morgan fingerprint density at radius 1 is 1.33 bits per heavy atom. The Balaban J connectivity index is 1.51. The standard InChI is InChI=1S/C13H22ClN3S/c1-16-5-7-17(8-6-16)4-2-3-15-10-13-9-12(14)11-18-13/h9,11,15H,2-8,10H2,1H3. The van der Waals surface area contributed by atoms with Gasteiger partial charge in [-0.2, -0.15) is 0 Å². The summed E-state index contributed by atoms with van der Waals surface area (Å²) >= 11 is 7.61. The second-order valence-electron chi connectivity index (χ2n) is 4.91. The molecule has 5 heteroatoms. The highest BCUT2D eigenvalue weighted by atomic mass is 35.5. The maximum absolute atomic E-state index is 5.89. The van der Waals surface area contributed by atoms with Crippen molar-refractivity contribution in [3.8, 4) is 0 Å². The van der Waals surface area contributed by atoms with Crippen molar-refractivity contribution in [2.75, 3.05) is 46.3 Å². The minimum atomic E-state index is 0.856. The summed E-state index contributed by atoms with van der Waals surface area (Å²) < 4.78 is 0. The van der Waals surface area contributed by atoms with Gasteiger partial charge >= 0.3 is 0 Å². The van der Waals surface area contributed by atoms with Gasteiger partial charge in [-0.05, 0) is 32.6 Å². The topological polar surface area (TPSA) is 18.5 Å². The van der Waals surface area contributed by atoms with Crippen molar-refractivity contribution in [1.82, 2.24) is 15.1 Å². The third kappa shape index (κ3) is 4.86. The number of likely N-dealkylation sites (N-methyl/N-ethyl adjacent to an activating group) is 1. The summed E-state index contributed by atoms with van der Waals surface area (Å²) in [5.74, 6) is 0. The van der Waals surface area contributed by atoms with Crippen LogP contribution in [0.15, 0.2) is 11.4 Å². The molecule has 1 aliphatic heterocycles. The van der Waals surface area contributed by atoms with Gasteiger partial charge in [-0.1, -0.05) is 11.6 Å². The van der Waals surface area contributed by atoms with Crippen LogP contribution in [0.2, 0.25) is 5.02 Å².